The Morgan fingerprint density at radius 2 is 1.62 bits per heavy atom. The molecule has 0 unspecified atom stereocenters. The molecule has 2 amide bonds. The van der Waals surface area contributed by atoms with E-state index in [1.54, 1.807) is 61.7 Å². The minimum absolute atomic E-state index is 0.140. The number of benzene rings is 2. The van der Waals surface area contributed by atoms with E-state index in [1.165, 1.54) is 12.8 Å². The molecule has 4 rings (SSSR count). The zero-order valence-corrected chi connectivity index (χ0v) is 19.2. The van der Waals surface area contributed by atoms with E-state index in [2.05, 4.69) is 15.8 Å². The quantitative estimate of drug-likeness (QED) is 0.458. The van der Waals surface area contributed by atoms with Gasteiger partial charge in [-0.2, -0.15) is 0 Å². The highest BCUT2D eigenvalue weighted by molar-refractivity contribution is 6.04. The summed E-state index contributed by atoms with van der Waals surface area (Å²) in [7, 11) is 1.58. The van der Waals surface area contributed by atoms with Crippen molar-refractivity contribution in [2.24, 2.45) is 0 Å². The van der Waals surface area contributed by atoms with Gasteiger partial charge in [-0.15, -0.1) is 0 Å². The molecule has 2 N–H and O–H groups in total. The predicted molar refractivity (Wildman–Crippen MR) is 127 cm³/mol. The standard InChI is InChI=1S/C26H29N3O5/c1-32-21-12-8-18(9-13-21)25(30)27-20-10-14-22(15-11-20)33-17-23-16-24(29-34-23)26(31)28-19-6-4-2-3-5-7-19/h8-16,19H,2-7,17H2,1H3,(H,27,30)(H,28,31). The Morgan fingerprint density at radius 1 is 0.941 bits per heavy atom. The molecular weight excluding hydrogens is 434 g/mol. The number of hydrogen-bond donors (Lipinski definition) is 2. The molecule has 1 aliphatic carbocycles. The molecule has 3 aromatic rings. The lowest BCUT2D eigenvalue weighted by Crippen LogP contribution is -2.34. The van der Waals surface area contributed by atoms with Crippen LogP contribution in [0.2, 0.25) is 0 Å². The number of ether oxygens (including phenoxy) is 2. The van der Waals surface area contributed by atoms with Gasteiger partial charge in [0.1, 0.15) is 18.1 Å². The van der Waals surface area contributed by atoms with Crippen LogP contribution in [0.3, 0.4) is 0 Å². The van der Waals surface area contributed by atoms with Crippen molar-refractivity contribution in [3.05, 3.63) is 71.6 Å². The second-order valence-electron chi connectivity index (χ2n) is 8.34. The molecule has 8 heteroatoms. The lowest BCUT2D eigenvalue weighted by atomic mass is 10.1. The van der Waals surface area contributed by atoms with Gasteiger partial charge in [0.05, 0.1) is 7.11 Å². The molecule has 0 spiro atoms. The number of amides is 2. The average molecular weight is 464 g/mol. The van der Waals surface area contributed by atoms with Crippen LogP contribution < -0.4 is 20.1 Å². The zero-order valence-electron chi connectivity index (χ0n) is 19.2. The van der Waals surface area contributed by atoms with Crippen molar-refractivity contribution in [1.82, 2.24) is 10.5 Å². The SMILES string of the molecule is COc1ccc(C(=O)Nc2ccc(OCc3cc(C(=O)NC4CCCCCC4)no3)cc2)cc1. The Balaban J connectivity index is 1.26. The number of carbonyl (C=O) groups excluding carboxylic acids is 2. The van der Waals surface area contributed by atoms with Crippen LogP contribution in [0.4, 0.5) is 5.69 Å². The normalized spacial score (nSPS) is 14.1. The van der Waals surface area contributed by atoms with Crippen LogP contribution in [0.1, 0.15) is 65.1 Å². The number of methoxy groups -OCH3 is 1. The van der Waals surface area contributed by atoms with Gasteiger partial charge < -0.3 is 24.6 Å². The predicted octanol–water partition coefficient (Wildman–Crippen LogP) is 4.97. The highest BCUT2D eigenvalue weighted by atomic mass is 16.5. The first-order valence-electron chi connectivity index (χ1n) is 11.6. The Labute approximate surface area is 198 Å². The van der Waals surface area contributed by atoms with Crippen LogP contribution in [0.5, 0.6) is 11.5 Å². The number of hydrogen-bond acceptors (Lipinski definition) is 6. The first-order valence-corrected chi connectivity index (χ1v) is 11.6. The molecule has 0 radical (unpaired) electrons. The van der Waals surface area contributed by atoms with E-state index in [0.717, 1.165) is 25.7 Å². The Morgan fingerprint density at radius 3 is 2.29 bits per heavy atom. The summed E-state index contributed by atoms with van der Waals surface area (Å²) in [6.45, 7) is 0.140. The van der Waals surface area contributed by atoms with Crippen LogP contribution in [0.15, 0.2) is 59.1 Å². The molecular formula is C26H29N3O5. The van der Waals surface area contributed by atoms with Crippen molar-refractivity contribution >= 4 is 17.5 Å². The Kier molecular flexibility index (Phi) is 7.80. The van der Waals surface area contributed by atoms with Gasteiger partial charge in [0.15, 0.2) is 11.5 Å². The Bertz CT molecular complexity index is 1080. The zero-order chi connectivity index (χ0) is 23.8. The number of nitrogens with zero attached hydrogens (tertiary/aromatic N) is 1. The average Bonchev–Trinajstić information content (AvgIpc) is 3.20. The summed E-state index contributed by atoms with van der Waals surface area (Å²) in [5.41, 5.74) is 1.44. The number of rotatable bonds is 8. The fourth-order valence-electron chi connectivity index (χ4n) is 3.91. The van der Waals surface area contributed by atoms with E-state index in [9.17, 15) is 9.59 Å². The van der Waals surface area contributed by atoms with Crippen LogP contribution in [-0.4, -0.2) is 30.1 Å². The maximum Gasteiger partial charge on any atom is 0.273 e. The van der Waals surface area contributed by atoms with Crippen LogP contribution in [-0.2, 0) is 6.61 Å². The fourth-order valence-corrected chi connectivity index (χ4v) is 3.91. The summed E-state index contributed by atoms with van der Waals surface area (Å²) in [5, 5.41) is 9.78. The summed E-state index contributed by atoms with van der Waals surface area (Å²) in [4.78, 5) is 24.8. The molecule has 1 fully saturated rings. The number of nitrogens with one attached hydrogen (secondary N) is 2. The summed E-state index contributed by atoms with van der Waals surface area (Å²) in [5.74, 6) is 1.33. The van der Waals surface area contributed by atoms with Crippen molar-refractivity contribution in [1.29, 1.82) is 0 Å². The largest absolute Gasteiger partial charge is 0.497 e. The molecule has 1 saturated carbocycles. The van der Waals surface area contributed by atoms with E-state index in [0.29, 0.717) is 28.5 Å². The van der Waals surface area contributed by atoms with Gasteiger partial charge in [0.2, 0.25) is 0 Å². The number of carbonyl (C=O) groups is 2. The monoisotopic (exact) mass is 463 g/mol. The minimum atomic E-state index is -0.215. The molecule has 0 bridgehead atoms. The molecule has 0 aliphatic heterocycles. The van der Waals surface area contributed by atoms with E-state index >= 15 is 0 Å². The van der Waals surface area contributed by atoms with E-state index in [1.807, 2.05) is 0 Å². The molecule has 1 heterocycles. The van der Waals surface area contributed by atoms with E-state index < -0.39 is 0 Å². The molecule has 0 saturated heterocycles. The van der Waals surface area contributed by atoms with Crippen molar-refractivity contribution in [2.75, 3.05) is 12.4 Å². The molecule has 2 aromatic carbocycles. The first-order chi connectivity index (χ1) is 16.6. The van der Waals surface area contributed by atoms with Crippen molar-refractivity contribution in [3.8, 4) is 11.5 Å². The van der Waals surface area contributed by atoms with Gasteiger partial charge in [-0.25, -0.2) is 0 Å². The van der Waals surface area contributed by atoms with Crippen molar-refractivity contribution < 1.29 is 23.6 Å². The molecule has 1 aromatic heterocycles. The molecule has 8 nitrogen and oxygen atoms in total. The molecule has 0 atom stereocenters. The van der Waals surface area contributed by atoms with Crippen LogP contribution in [0.25, 0.3) is 0 Å². The second-order valence-corrected chi connectivity index (χ2v) is 8.34. The smallest absolute Gasteiger partial charge is 0.273 e. The van der Waals surface area contributed by atoms with Gasteiger partial charge in [-0.05, 0) is 61.4 Å². The van der Waals surface area contributed by atoms with Gasteiger partial charge in [-0.3, -0.25) is 9.59 Å². The lowest BCUT2D eigenvalue weighted by molar-refractivity contribution is 0.0923. The van der Waals surface area contributed by atoms with Crippen molar-refractivity contribution in [3.63, 3.8) is 0 Å². The van der Waals surface area contributed by atoms with E-state index in [4.69, 9.17) is 14.0 Å². The summed E-state index contributed by atoms with van der Waals surface area (Å²) < 4.78 is 16.1. The molecule has 34 heavy (non-hydrogen) atoms. The highest BCUT2D eigenvalue weighted by Crippen LogP contribution is 2.20. The number of aromatic nitrogens is 1. The first kappa shape index (κ1) is 23.4. The lowest BCUT2D eigenvalue weighted by Gasteiger charge is -2.14. The summed E-state index contributed by atoms with van der Waals surface area (Å²) >= 11 is 0. The Hall–Kier alpha value is -3.81. The van der Waals surface area contributed by atoms with Crippen LogP contribution >= 0.6 is 0 Å². The maximum absolute atomic E-state index is 12.5. The third kappa shape index (κ3) is 6.37. The maximum atomic E-state index is 12.5. The summed E-state index contributed by atoms with van der Waals surface area (Å²) in [6.07, 6.45) is 6.77. The topological polar surface area (TPSA) is 103 Å². The third-order valence-electron chi connectivity index (χ3n) is 5.83. The molecule has 178 valence electrons. The van der Waals surface area contributed by atoms with Gasteiger partial charge in [0.25, 0.3) is 11.8 Å². The molecule has 1 aliphatic rings. The van der Waals surface area contributed by atoms with E-state index in [-0.39, 0.29) is 30.2 Å². The van der Waals surface area contributed by atoms with Gasteiger partial charge >= 0.3 is 0 Å². The van der Waals surface area contributed by atoms with Gasteiger partial charge in [-0.1, -0.05) is 30.8 Å². The van der Waals surface area contributed by atoms with Gasteiger partial charge in [0, 0.05) is 23.4 Å². The second kappa shape index (κ2) is 11.4. The summed E-state index contributed by atoms with van der Waals surface area (Å²) in [6, 6.07) is 15.7. The number of anilines is 1. The van der Waals surface area contributed by atoms with Crippen LogP contribution in [0, 0.1) is 0 Å². The minimum Gasteiger partial charge on any atom is -0.497 e. The fraction of sp³-hybridized carbons (Fsp3) is 0.346. The third-order valence-corrected chi connectivity index (χ3v) is 5.83. The van der Waals surface area contributed by atoms with Crippen molar-refractivity contribution in [2.45, 2.75) is 51.2 Å². The highest BCUT2D eigenvalue weighted by Gasteiger charge is 2.18.